The minimum atomic E-state index is -5.76. The Bertz CT molecular complexity index is 202. The predicted octanol–water partition coefficient (Wildman–Crippen LogP) is 0.387. The molecule has 3 nitrogen and oxygen atoms in total. The molecule has 0 bridgehead atoms. The second kappa shape index (κ2) is 3.44. The second-order valence-electron chi connectivity index (χ2n) is 2.40. The van der Waals surface area contributed by atoms with E-state index >= 15 is 0 Å². The van der Waals surface area contributed by atoms with Crippen LogP contribution >= 0.6 is 0 Å². The maximum atomic E-state index is 12.2. The first-order chi connectivity index (χ1) is 5.59. The van der Waals surface area contributed by atoms with E-state index in [-0.39, 0.29) is 0 Å². The molecule has 0 spiro atoms. The van der Waals surface area contributed by atoms with Gasteiger partial charge in [0.05, 0.1) is 6.04 Å². The molecule has 0 fully saturated rings. The summed E-state index contributed by atoms with van der Waals surface area (Å²) in [5.74, 6) is -6.40. The molecule has 0 aromatic carbocycles. The van der Waals surface area contributed by atoms with Gasteiger partial charge in [-0.25, -0.2) is 0 Å². The van der Waals surface area contributed by atoms with Crippen molar-refractivity contribution in [1.82, 2.24) is 0 Å². The van der Waals surface area contributed by atoms with E-state index in [2.05, 4.69) is 11.5 Å². The molecule has 0 rings (SSSR count). The van der Waals surface area contributed by atoms with Crippen molar-refractivity contribution in [1.29, 1.82) is 0 Å². The fourth-order valence-corrected chi connectivity index (χ4v) is 0.555. The molecule has 1 unspecified atom stereocenters. The Morgan fingerprint density at radius 3 is 1.85 bits per heavy atom. The monoisotopic (exact) mass is 206 g/mol. The SMILES string of the molecule is NC(=O)CC(N)C(F)(F)C(F)(F)F. The van der Waals surface area contributed by atoms with Crippen LogP contribution in [0.3, 0.4) is 0 Å². The third kappa shape index (κ3) is 2.79. The Morgan fingerprint density at radius 1 is 1.23 bits per heavy atom. The van der Waals surface area contributed by atoms with Crippen molar-refractivity contribution in [2.75, 3.05) is 0 Å². The van der Waals surface area contributed by atoms with Gasteiger partial charge in [0.15, 0.2) is 0 Å². The molecule has 1 amide bonds. The van der Waals surface area contributed by atoms with Gasteiger partial charge in [-0.3, -0.25) is 4.79 Å². The number of carbonyl (C=O) groups excluding carboxylic acids is 1. The standard InChI is InChI=1S/C5H7F5N2O/c6-4(7,5(8,9)10)2(11)1-3(12)13/h2H,1,11H2,(H2,12,13). The van der Waals surface area contributed by atoms with Crippen molar-refractivity contribution in [2.45, 2.75) is 24.6 Å². The zero-order valence-corrected chi connectivity index (χ0v) is 6.24. The zero-order chi connectivity index (χ0) is 10.9. The molecule has 78 valence electrons. The Labute approximate surface area is 69.9 Å². The average Bonchev–Trinajstić information content (AvgIpc) is 1.82. The number of primary amides is 1. The van der Waals surface area contributed by atoms with Gasteiger partial charge in [0.1, 0.15) is 0 Å². The molecule has 0 aliphatic rings. The van der Waals surface area contributed by atoms with Gasteiger partial charge in [0.2, 0.25) is 5.91 Å². The topological polar surface area (TPSA) is 69.1 Å². The lowest BCUT2D eigenvalue weighted by Gasteiger charge is -2.24. The Balaban J connectivity index is 4.54. The van der Waals surface area contributed by atoms with Crippen molar-refractivity contribution in [3.05, 3.63) is 0 Å². The Morgan fingerprint density at radius 2 is 1.62 bits per heavy atom. The molecule has 13 heavy (non-hydrogen) atoms. The van der Waals surface area contributed by atoms with Crippen LogP contribution in [0.2, 0.25) is 0 Å². The van der Waals surface area contributed by atoms with Crippen LogP contribution in [0.1, 0.15) is 6.42 Å². The summed E-state index contributed by atoms with van der Waals surface area (Å²) >= 11 is 0. The quantitative estimate of drug-likeness (QED) is 0.655. The second-order valence-corrected chi connectivity index (χ2v) is 2.40. The maximum Gasteiger partial charge on any atom is 0.454 e. The summed E-state index contributed by atoms with van der Waals surface area (Å²) < 4.78 is 59.1. The van der Waals surface area contributed by atoms with Crippen molar-refractivity contribution in [2.24, 2.45) is 11.5 Å². The molecule has 4 N–H and O–H groups in total. The minimum absolute atomic E-state index is 1.22. The van der Waals surface area contributed by atoms with Crippen molar-refractivity contribution in [3.63, 3.8) is 0 Å². The molecule has 0 saturated carbocycles. The molecule has 0 aliphatic heterocycles. The number of amides is 1. The molecule has 0 aliphatic carbocycles. The van der Waals surface area contributed by atoms with Crippen LogP contribution in [0.4, 0.5) is 22.0 Å². The molecule has 0 saturated heterocycles. The van der Waals surface area contributed by atoms with Gasteiger partial charge < -0.3 is 11.5 Å². The van der Waals surface area contributed by atoms with Crippen molar-refractivity contribution >= 4 is 5.91 Å². The third-order valence-corrected chi connectivity index (χ3v) is 1.26. The number of hydrogen-bond donors (Lipinski definition) is 2. The fraction of sp³-hybridized carbons (Fsp3) is 0.800. The van der Waals surface area contributed by atoms with E-state index in [0.717, 1.165) is 0 Å². The molecule has 0 aromatic heterocycles. The first-order valence-electron chi connectivity index (χ1n) is 3.07. The number of rotatable bonds is 3. The van der Waals surface area contributed by atoms with E-state index in [1.165, 1.54) is 0 Å². The largest absolute Gasteiger partial charge is 0.454 e. The van der Waals surface area contributed by atoms with Crippen LogP contribution in [-0.4, -0.2) is 24.0 Å². The summed E-state index contributed by atoms with van der Waals surface area (Å²) in [4.78, 5) is 10.0. The molecule has 0 aromatic rings. The van der Waals surface area contributed by atoms with E-state index in [9.17, 15) is 26.7 Å². The number of halogens is 5. The highest BCUT2D eigenvalue weighted by atomic mass is 19.4. The van der Waals surface area contributed by atoms with Crippen LogP contribution < -0.4 is 11.5 Å². The highest BCUT2D eigenvalue weighted by Gasteiger charge is 2.61. The van der Waals surface area contributed by atoms with E-state index in [4.69, 9.17) is 0 Å². The van der Waals surface area contributed by atoms with Crippen molar-refractivity contribution < 1.29 is 26.7 Å². The zero-order valence-electron chi connectivity index (χ0n) is 6.24. The van der Waals surface area contributed by atoms with Gasteiger partial charge >= 0.3 is 12.1 Å². The molecule has 1 atom stereocenters. The average molecular weight is 206 g/mol. The molecule has 8 heteroatoms. The number of carbonyl (C=O) groups is 1. The summed E-state index contributed by atoms with van der Waals surface area (Å²) in [7, 11) is 0. The van der Waals surface area contributed by atoms with Gasteiger partial charge in [-0.2, -0.15) is 22.0 Å². The van der Waals surface area contributed by atoms with Crippen LogP contribution in [0, 0.1) is 0 Å². The maximum absolute atomic E-state index is 12.2. The Kier molecular flexibility index (Phi) is 3.20. The van der Waals surface area contributed by atoms with Gasteiger partial charge in [-0.05, 0) is 0 Å². The van der Waals surface area contributed by atoms with Crippen LogP contribution in [-0.2, 0) is 4.79 Å². The van der Waals surface area contributed by atoms with Gasteiger partial charge in [0.25, 0.3) is 0 Å². The number of hydrogen-bond acceptors (Lipinski definition) is 2. The first kappa shape index (κ1) is 12.1. The Hall–Kier alpha value is -0.920. The highest BCUT2D eigenvalue weighted by molar-refractivity contribution is 5.74. The lowest BCUT2D eigenvalue weighted by atomic mass is 10.1. The lowest BCUT2D eigenvalue weighted by Crippen LogP contribution is -2.52. The fourth-order valence-electron chi connectivity index (χ4n) is 0.555. The summed E-state index contributed by atoms with van der Waals surface area (Å²) in [6, 6.07) is -2.63. The first-order valence-corrected chi connectivity index (χ1v) is 3.07. The summed E-state index contributed by atoms with van der Waals surface area (Å²) in [6.45, 7) is 0. The summed E-state index contributed by atoms with van der Waals surface area (Å²) in [5, 5.41) is 0. The van der Waals surface area contributed by atoms with Crippen LogP contribution in [0.15, 0.2) is 0 Å². The van der Waals surface area contributed by atoms with Crippen LogP contribution in [0.5, 0.6) is 0 Å². The van der Waals surface area contributed by atoms with Gasteiger partial charge in [-0.15, -0.1) is 0 Å². The van der Waals surface area contributed by atoms with E-state index < -0.39 is 30.5 Å². The number of nitrogens with two attached hydrogens (primary N) is 2. The molecular formula is C5H7F5N2O. The molecule has 0 heterocycles. The van der Waals surface area contributed by atoms with Gasteiger partial charge in [-0.1, -0.05) is 0 Å². The lowest BCUT2D eigenvalue weighted by molar-refractivity contribution is -0.289. The van der Waals surface area contributed by atoms with E-state index in [1.807, 2.05) is 0 Å². The van der Waals surface area contributed by atoms with Crippen LogP contribution in [0.25, 0.3) is 0 Å². The normalized spacial score (nSPS) is 15.5. The van der Waals surface area contributed by atoms with E-state index in [1.54, 1.807) is 0 Å². The predicted molar refractivity (Wildman–Crippen MR) is 32.8 cm³/mol. The summed E-state index contributed by atoms with van der Waals surface area (Å²) in [6.07, 6.45) is -6.98. The molecular weight excluding hydrogens is 199 g/mol. The number of alkyl halides is 5. The molecule has 0 radical (unpaired) electrons. The van der Waals surface area contributed by atoms with Crippen molar-refractivity contribution in [3.8, 4) is 0 Å². The highest BCUT2D eigenvalue weighted by Crippen LogP contribution is 2.38. The summed E-state index contributed by atoms with van der Waals surface area (Å²) in [5.41, 5.74) is 8.88. The van der Waals surface area contributed by atoms with Gasteiger partial charge in [0, 0.05) is 6.42 Å². The van der Waals surface area contributed by atoms with E-state index in [0.29, 0.717) is 0 Å². The smallest absolute Gasteiger partial charge is 0.370 e. The third-order valence-electron chi connectivity index (χ3n) is 1.26. The minimum Gasteiger partial charge on any atom is -0.370 e.